The second-order valence-electron chi connectivity index (χ2n) is 6.30. The molecule has 0 aromatic heterocycles. The molecule has 1 amide bonds. The molecule has 1 aliphatic rings. The van der Waals surface area contributed by atoms with E-state index in [2.05, 4.69) is 19.2 Å². The first kappa shape index (κ1) is 14.3. The lowest BCUT2D eigenvalue weighted by Gasteiger charge is -2.38. The molecule has 0 aromatic rings. The highest BCUT2D eigenvalue weighted by Gasteiger charge is 2.40. The number of hydrogen-bond acceptors (Lipinski definition) is 3. The van der Waals surface area contributed by atoms with Gasteiger partial charge in [0.05, 0.1) is 6.04 Å². The van der Waals surface area contributed by atoms with E-state index in [1.54, 1.807) is 0 Å². The standard InChI is InChI=1S/C13H26N2O2/c1-12(2,3)17-11(16)15-9-7-8-10(15)13(4,5)14-6/h10,14H,7-9H2,1-6H3. The highest BCUT2D eigenvalue weighted by Crippen LogP contribution is 2.28. The Labute approximate surface area is 105 Å². The van der Waals surface area contributed by atoms with Crippen LogP contribution in [0.5, 0.6) is 0 Å². The number of nitrogens with one attached hydrogen (secondary N) is 1. The zero-order chi connectivity index (χ0) is 13.3. The van der Waals surface area contributed by atoms with E-state index in [1.807, 2.05) is 32.7 Å². The Morgan fingerprint density at radius 1 is 1.29 bits per heavy atom. The van der Waals surface area contributed by atoms with E-state index in [0.29, 0.717) is 0 Å². The predicted octanol–water partition coefficient (Wildman–Crippen LogP) is 2.38. The van der Waals surface area contributed by atoms with E-state index in [9.17, 15) is 4.79 Å². The van der Waals surface area contributed by atoms with Gasteiger partial charge >= 0.3 is 6.09 Å². The van der Waals surface area contributed by atoms with Gasteiger partial charge in [0.25, 0.3) is 0 Å². The van der Waals surface area contributed by atoms with Crippen molar-refractivity contribution < 1.29 is 9.53 Å². The van der Waals surface area contributed by atoms with Crippen molar-refractivity contribution in [1.82, 2.24) is 10.2 Å². The molecule has 0 saturated carbocycles. The maximum Gasteiger partial charge on any atom is 0.410 e. The molecule has 1 rings (SSSR count). The zero-order valence-corrected chi connectivity index (χ0v) is 12.0. The van der Waals surface area contributed by atoms with Crippen LogP contribution in [-0.4, -0.2) is 41.8 Å². The molecule has 4 nitrogen and oxygen atoms in total. The van der Waals surface area contributed by atoms with Crippen molar-refractivity contribution >= 4 is 6.09 Å². The number of carbonyl (C=O) groups excluding carboxylic acids is 1. The molecule has 0 bridgehead atoms. The van der Waals surface area contributed by atoms with Gasteiger partial charge in [-0.15, -0.1) is 0 Å². The minimum atomic E-state index is -0.423. The summed E-state index contributed by atoms with van der Waals surface area (Å²) in [6, 6.07) is 0.211. The van der Waals surface area contributed by atoms with Gasteiger partial charge in [0.2, 0.25) is 0 Å². The molecule has 0 aliphatic carbocycles. The van der Waals surface area contributed by atoms with Gasteiger partial charge in [0, 0.05) is 12.1 Å². The summed E-state index contributed by atoms with van der Waals surface area (Å²) in [5.74, 6) is 0. The summed E-state index contributed by atoms with van der Waals surface area (Å²) in [7, 11) is 1.94. The Bertz CT molecular complexity index is 282. The number of rotatable bonds is 2. The average Bonchev–Trinajstić information content (AvgIpc) is 2.63. The number of amides is 1. The first-order chi connectivity index (χ1) is 7.67. The number of carbonyl (C=O) groups is 1. The van der Waals surface area contributed by atoms with Gasteiger partial charge in [0.1, 0.15) is 5.60 Å². The molecule has 1 aliphatic heterocycles. The topological polar surface area (TPSA) is 41.6 Å². The van der Waals surface area contributed by atoms with Crippen molar-refractivity contribution in [2.45, 2.75) is 64.6 Å². The molecule has 4 heteroatoms. The Morgan fingerprint density at radius 3 is 2.35 bits per heavy atom. The quantitative estimate of drug-likeness (QED) is 0.808. The van der Waals surface area contributed by atoms with Gasteiger partial charge in [0.15, 0.2) is 0 Å². The second kappa shape index (κ2) is 4.84. The Balaban J connectivity index is 2.73. The van der Waals surface area contributed by atoms with Crippen molar-refractivity contribution in [2.75, 3.05) is 13.6 Å². The largest absolute Gasteiger partial charge is 0.444 e. The summed E-state index contributed by atoms with van der Waals surface area (Å²) in [4.78, 5) is 14.0. The normalized spacial score (nSPS) is 21.8. The third kappa shape index (κ3) is 3.60. The van der Waals surface area contributed by atoms with E-state index < -0.39 is 5.60 Å². The number of nitrogens with zero attached hydrogens (tertiary/aromatic N) is 1. The lowest BCUT2D eigenvalue weighted by atomic mass is 9.93. The van der Waals surface area contributed by atoms with Gasteiger partial charge in [-0.05, 0) is 54.5 Å². The SMILES string of the molecule is CNC(C)(C)C1CCCN1C(=O)OC(C)(C)C. The van der Waals surface area contributed by atoms with Crippen LogP contribution in [0.2, 0.25) is 0 Å². The monoisotopic (exact) mass is 242 g/mol. The van der Waals surface area contributed by atoms with E-state index >= 15 is 0 Å². The molecule has 0 aromatic carbocycles. The number of likely N-dealkylation sites (tertiary alicyclic amines) is 1. The summed E-state index contributed by atoms with van der Waals surface area (Å²) in [5, 5.41) is 3.28. The van der Waals surface area contributed by atoms with Crippen molar-refractivity contribution in [1.29, 1.82) is 0 Å². The van der Waals surface area contributed by atoms with E-state index in [-0.39, 0.29) is 17.7 Å². The van der Waals surface area contributed by atoms with Gasteiger partial charge < -0.3 is 15.0 Å². The molecule has 0 radical (unpaired) electrons. The second-order valence-corrected chi connectivity index (χ2v) is 6.30. The lowest BCUT2D eigenvalue weighted by Crippen LogP contribution is -2.55. The van der Waals surface area contributed by atoms with Crippen LogP contribution in [0.15, 0.2) is 0 Å². The summed E-state index contributed by atoms with van der Waals surface area (Å²) in [6.45, 7) is 10.8. The van der Waals surface area contributed by atoms with Crippen LogP contribution < -0.4 is 5.32 Å². The minimum absolute atomic E-state index is 0.0760. The number of likely N-dealkylation sites (N-methyl/N-ethyl adjacent to an activating group) is 1. The molecule has 1 unspecified atom stereocenters. The van der Waals surface area contributed by atoms with E-state index in [4.69, 9.17) is 4.74 Å². The van der Waals surface area contributed by atoms with Gasteiger partial charge in [-0.2, -0.15) is 0 Å². The van der Waals surface area contributed by atoms with Crippen LogP contribution in [0.3, 0.4) is 0 Å². The summed E-state index contributed by atoms with van der Waals surface area (Å²) in [6.07, 6.45) is 1.89. The van der Waals surface area contributed by atoms with Crippen LogP contribution in [0.25, 0.3) is 0 Å². The molecular formula is C13H26N2O2. The smallest absolute Gasteiger partial charge is 0.410 e. The minimum Gasteiger partial charge on any atom is -0.444 e. The number of hydrogen-bond donors (Lipinski definition) is 1. The fraction of sp³-hybridized carbons (Fsp3) is 0.923. The fourth-order valence-electron chi connectivity index (χ4n) is 2.22. The van der Waals surface area contributed by atoms with Crippen LogP contribution >= 0.6 is 0 Å². The maximum atomic E-state index is 12.1. The Morgan fingerprint density at radius 2 is 1.88 bits per heavy atom. The highest BCUT2D eigenvalue weighted by atomic mass is 16.6. The predicted molar refractivity (Wildman–Crippen MR) is 69.1 cm³/mol. The van der Waals surface area contributed by atoms with Crippen LogP contribution in [0, 0.1) is 0 Å². The molecule has 1 heterocycles. The molecule has 17 heavy (non-hydrogen) atoms. The van der Waals surface area contributed by atoms with Crippen LogP contribution in [-0.2, 0) is 4.74 Å². The maximum absolute atomic E-state index is 12.1. The first-order valence-electron chi connectivity index (χ1n) is 6.36. The van der Waals surface area contributed by atoms with Crippen LogP contribution in [0.4, 0.5) is 4.79 Å². The summed E-state index contributed by atoms with van der Waals surface area (Å²) >= 11 is 0. The first-order valence-corrected chi connectivity index (χ1v) is 6.36. The molecule has 1 fully saturated rings. The zero-order valence-electron chi connectivity index (χ0n) is 12.0. The molecule has 1 atom stereocenters. The van der Waals surface area contributed by atoms with Crippen molar-refractivity contribution in [3.63, 3.8) is 0 Å². The van der Waals surface area contributed by atoms with Crippen molar-refractivity contribution in [3.8, 4) is 0 Å². The fourth-order valence-corrected chi connectivity index (χ4v) is 2.22. The molecule has 1 N–H and O–H groups in total. The molecule has 1 saturated heterocycles. The highest BCUT2D eigenvalue weighted by molar-refractivity contribution is 5.69. The third-order valence-corrected chi connectivity index (χ3v) is 3.36. The Kier molecular flexibility index (Phi) is 4.07. The average molecular weight is 242 g/mol. The van der Waals surface area contributed by atoms with Crippen molar-refractivity contribution in [3.05, 3.63) is 0 Å². The summed E-state index contributed by atoms with van der Waals surface area (Å²) in [5.41, 5.74) is -0.499. The van der Waals surface area contributed by atoms with E-state index in [1.165, 1.54) is 0 Å². The molecule has 100 valence electrons. The van der Waals surface area contributed by atoms with Gasteiger partial charge in [-0.25, -0.2) is 4.79 Å². The molecule has 0 spiro atoms. The van der Waals surface area contributed by atoms with E-state index in [0.717, 1.165) is 19.4 Å². The third-order valence-electron chi connectivity index (χ3n) is 3.36. The molecular weight excluding hydrogens is 216 g/mol. The van der Waals surface area contributed by atoms with Gasteiger partial charge in [-0.1, -0.05) is 0 Å². The summed E-state index contributed by atoms with van der Waals surface area (Å²) < 4.78 is 5.45. The van der Waals surface area contributed by atoms with Crippen molar-refractivity contribution in [2.24, 2.45) is 0 Å². The lowest BCUT2D eigenvalue weighted by molar-refractivity contribution is 0.0154. The number of ether oxygens (including phenoxy) is 1. The Hall–Kier alpha value is -0.770. The van der Waals surface area contributed by atoms with Gasteiger partial charge in [-0.3, -0.25) is 0 Å². The van der Waals surface area contributed by atoms with Crippen LogP contribution in [0.1, 0.15) is 47.5 Å².